The van der Waals surface area contributed by atoms with Gasteiger partial charge in [0.05, 0.1) is 23.0 Å². The van der Waals surface area contributed by atoms with Crippen molar-refractivity contribution < 1.29 is 33.0 Å². The molecule has 1 atom stereocenters. The third-order valence-corrected chi connectivity index (χ3v) is 13.9. The van der Waals surface area contributed by atoms with Crippen molar-refractivity contribution in [2.24, 2.45) is 11.8 Å². The second kappa shape index (κ2) is 16.7. The van der Waals surface area contributed by atoms with Crippen LogP contribution in [0.2, 0.25) is 0 Å². The van der Waals surface area contributed by atoms with E-state index in [0.29, 0.717) is 55.6 Å². The summed E-state index contributed by atoms with van der Waals surface area (Å²) >= 11 is 0. The minimum atomic E-state index is -0.606. The normalized spacial score (nSPS) is 29.1. The summed E-state index contributed by atoms with van der Waals surface area (Å²) in [5.74, 6) is -0.165. The molecule has 6 aliphatic rings. The molecule has 3 aliphatic carbocycles. The van der Waals surface area contributed by atoms with Crippen molar-refractivity contribution >= 4 is 29.4 Å². The van der Waals surface area contributed by atoms with E-state index in [-0.39, 0.29) is 53.5 Å². The summed E-state index contributed by atoms with van der Waals surface area (Å²) < 4.78 is 24.7. The lowest BCUT2D eigenvalue weighted by molar-refractivity contribution is -0.129. The first-order chi connectivity index (χ1) is 29.2. The quantitative estimate of drug-likeness (QED) is 0.194. The fourth-order valence-corrected chi connectivity index (χ4v) is 10.5. The number of pyridine rings is 3. The maximum atomic E-state index is 13.2. The summed E-state index contributed by atoms with van der Waals surface area (Å²) in [6.45, 7) is 1.73. The van der Waals surface area contributed by atoms with Gasteiger partial charge in [0.1, 0.15) is 17.0 Å². The number of benzene rings is 1. The molecular weight excluding hydrogens is 764 g/mol. The van der Waals surface area contributed by atoms with E-state index in [9.17, 15) is 23.6 Å². The third kappa shape index (κ3) is 7.98. The minimum Gasteiger partial charge on any atom is -0.451 e. The molecule has 0 bridgehead atoms. The second-order valence-electron chi connectivity index (χ2n) is 17.4. The SMILES string of the molecule is O=C1O[C@]2(CC[C@@H](C(=O)N[C@H]3CC[C@H](c4ccc(F)cc4)CC3)CC2)c2cnccc21.O=C1O[C@]2(CC[C@H](C(=O)N[C@H]3CCN(c4cccnc4)C3)CC2)c2ccncc21. The maximum Gasteiger partial charge on any atom is 0.341 e. The Kier molecular flexibility index (Phi) is 11.1. The first-order valence-corrected chi connectivity index (χ1v) is 21.6. The highest BCUT2D eigenvalue weighted by Crippen LogP contribution is 2.49. The number of hydrogen-bond donors (Lipinski definition) is 2. The number of nitrogens with one attached hydrogen (secondary N) is 2. The van der Waals surface area contributed by atoms with Gasteiger partial charge in [-0.15, -0.1) is 0 Å². The number of rotatable bonds is 6. The molecule has 3 aliphatic heterocycles. The van der Waals surface area contributed by atoms with Gasteiger partial charge in [-0.1, -0.05) is 12.1 Å². The molecule has 1 saturated heterocycles. The van der Waals surface area contributed by atoms with Crippen molar-refractivity contribution in [3.8, 4) is 0 Å². The molecule has 0 unspecified atom stereocenters. The predicted octanol–water partition coefficient (Wildman–Crippen LogP) is 7.05. The van der Waals surface area contributed by atoms with Crippen LogP contribution in [0.4, 0.5) is 10.1 Å². The number of hydrogen-bond acceptors (Lipinski definition) is 10. The first kappa shape index (κ1) is 39.7. The number of nitrogens with zero attached hydrogens (tertiary/aromatic N) is 4. The molecule has 12 nitrogen and oxygen atoms in total. The lowest BCUT2D eigenvalue weighted by Gasteiger charge is -2.36. The molecule has 2 spiro atoms. The molecule has 312 valence electrons. The van der Waals surface area contributed by atoms with Crippen molar-refractivity contribution in [1.29, 1.82) is 0 Å². The molecule has 13 heteroatoms. The largest absolute Gasteiger partial charge is 0.451 e. The molecule has 2 N–H and O–H groups in total. The van der Waals surface area contributed by atoms with E-state index < -0.39 is 11.2 Å². The molecule has 2 amide bonds. The van der Waals surface area contributed by atoms with Crippen molar-refractivity contribution in [1.82, 2.24) is 25.6 Å². The van der Waals surface area contributed by atoms with E-state index in [1.54, 1.807) is 37.1 Å². The smallest absolute Gasteiger partial charge is 0.341 e. The van der Waals surface area contributed by atoms with Crippen LogP contribution in [0.3, 0.4) is 0 Å². The number of aromatic nitrogens is 3. The zero-order chi connectivity index (χ0) is 41.3. The number of amides is 2. The summed E-state index contributed by atoms with van der Waals surface area (Å²) in [5, 5.41) is 6.49. The van der Waals surface area contributed by atoms with Crippen molar-refractivity contribution in [3.05, 3.63) is 119 Å². The lowest BCUT2D eigenvalue weighted by atomic mass is 9.75. The number of anilines is 1. The first-order valence-electron chi connectivity index (χ1n) is 21.6. The summed E-state index contributed by atoms with van der Waals surface area (Å²) in [4.78, 5) is 64.8. The van der Waals surface area contributed by atoms with E-state index >= 15 is 0 Å². The standard InChI is InChI=1S/C25H27FN2O3.C22H24N4O3/c26-19-5-1-16(2-6-19)17-3-7-20(8-4-17)28-23(29)18-9-12-25(13-10-18)22-15-27-14-11-21(22)24(30)31-25;27-20(25-16-6-11-26(14-16)17-2-1-9-23-12-17)15-3-7-22(8-4-15)19-5-10-24-13-18(19)21(28)29-22/h1-2,5-6,11,14-15,17-18,20H,3-4,7-10,12-13H2,(H,28,29);1-2,5,9-10,12-13,15-16H,3-4,6-8,11,14H2,(H,25,27)/t17-,18-,20-,25+;15-,16-,22-/m.0/s1. The number of ether oxygens (including phenoxy) is 2. The van der Waals surface area contributed by atoms with Crippen molar-refractivity contribution in [2.75, 3.05) is 18.0 Å². The topological polar surface area (TPSA) is 153 Å². The van der Waals surface area contributed by atoms with Crippen LogP contribution in [0.25, 0.3) is 0 Å². The van der Waals surface area contributed by atoms with E-state index in [1.807, 2.05) is 36.5 Å². The highest BCUT2D eigenvalue weighted by molar-refractivity contribution is 5.95. The fourth-order valence-electron chi connectivity index (χ4n) is 10.5. The Hall–Kier alpha value is -5.72. The monoisotopic (exact) mass is 814 g/mol. The summed E-state index contributed by atoms with van der Waals surface area (Å²) in [5.41, 5.74) is 4.08. The number of carbonyl (C=O) groups excluding carboxylic acids is 4. The molecule has 4 fully saturated rings. The Morgan fingerprint density at radius 1 is 0.633 bits per heavy atom. The van der Waals surface area contributed by atoms with Gasteiger partial charge in [-0.05, 0) is 131 Å². The van der Waals surface area contributed by atoms with Gasteiger partial charge in [-0.25, -0.2) is 14.0 Å². The predicted molar refractivity (Wildman–Crippen MR) is 219 cm³/mol. The molecular formula is C47H51FN6O6. The number of esters is 2. The Morgan fingerprint density at radius 3 is 1.90 bits per heavy atom. The Labute approximate surface area is 349 Å². The summed E-state index contributed by atoms with van der Waals surface area (Å²) in [6, 6.07) is 14.7. The van der Waals surface area contributed by atoms with Crippen LogP contribution in [-0.2, 0) is 30.3 Å². The highest BCUT2D eigenvalue weighted by atomic mass is 19.1. The van der Waals surface area contributed by atoms with E-state index in [0.717, 1.165) is 74.8 Å². The molecule has 3 saturated carbocycles. The average Bonchev–Trinajstić information content (AvgIpc) is 3.94. The lowest BCUT2D eigenvalue weighted by Crippen LogP contribution is -2.43. The van der Waals surface area contributed by atoms with Crippen LogP contribution in [0.5, 0.6) is 0 Å². The van der Waals surface area contributed by atoms with Crippen LogP contribution in [-0.4, -0.2) is 63.9 Å². The second-order valence-corrected chi connectivity index (χ2v) is 17.4. The fraction of sp³-hybridized carbons (Fsp3) is 0.468. The Balaban J connectivity index is 0.000000154. The van der Waals surface area contributed by atoms with Crippen molar-refractivity contribution in [2.45, 2.75) is 113 Å². The Morgan fingerprint density at radius 2 is 1.23 bits per heavy atom. The summed E-state index contributed by atoms with van der Waals surface area (Å²) in [7, 11) is 0. The molecule has 1 aromatic carbocycles. The van der Waals surface area contributed by atoms with Gasteiger partial charge in [0.25, 0.3) is 0 Å². The van der Waals surface area contributed by atoms with Gasteiger partial charge in [0, 0.05) is 79.1 Å². The zero-order valence-corrected chi connectivity index (χ0v) is 33.7. The number of halogens is 1. The van der Waals surface area contributed by atoms with E-state index in [1.165, 1.54) is 17.7 Å². The van der Waals surface area contributed by atoms with E-state index in [2.05, 4.69) is 30.5 Å². The third-order valence-electron chi connectivity index (χ3n) is 13.9. The van der Waals surface area contributed by atoms with Crippen LogP contribution in [0, 0.1) is 17.7 Å². The van der Waals surface area contributed by atoms with Crippen LogP contribution in [0.15, 0.2) is 85.7 Å². The number of fused-ring (bicyclic) bond motifs is 4. The molecule has 10 rings (SSSR count). The van der Waals surface area contributed by atoms with Crippen LogP contribution < -0.4 is 15.5 Å². The summed E-state index contributed by atoms with van der Waals surface area (Å²) in [6.07, 6.45) is 20.6. The molecule has 0 radical (unpaired) electrons. The van der Waals surface area contributed by atoms with Gasteiger partial charge >= 0.3 is 11.9 Å². The number of carbonyl (C=O) groups is 4. The van der Waals surface area contributed by atoms with Crippen LogP contribution in [0.1, 0.15) is 127 Å². The molecule has 4 aromatic rings. The van der Waals surface area contributed by atoms with Gasteiger partial charge in [-0.3, -0.25) is 24.5 Å². The molecule has 3 aromatic heterocycles. The van der Waals surface area contributed by atoms with E-state index in [4.69, 9.17) is 9.47 Å². The Bertz CT molecular complexity index is 2210. The van der Waals surface area contributed by atoms with Crippen LogP contribution >= 0.6 is 0 Å². The van der Waals surface area contributed by atoms with Gasteiger partial charge in [-0.2, -0.15) is 0 Å². The highest BCUT2D eigenvalue weighted by Gasteiger charge is 2.50. The van der Waals surface area contributed by atoms with Gasteiger partial charge in [0.2, 0.25) is 11.8 Å². The molecule has 60 heavy (non-hydrogen) atoms. The average molecular weight is 815 g/mol. The molecule has 6 heterocycles. The van der Waals surface area contributed by atoms with Gasteiger partial charge in [0.15, 0.2) is 0 Å². The van der Waals surface area contributed by atoms with Gasteiger partial charge < -0.3 is 25.0 Å². The zero-order valence-electron chi connectivity index (χ0n) is 33.7. The minimum absolute atomic E-state index is 0.0299. The maximum absolute atomic E-state index is 13.2. The van der Waals surface area contributed by atoms with Crippen molar-refractivity contribution in [3.63, 3.8) is 0 Å².